The summed E-state index contributed by atoms with van der Waals surface area (Å²) in [7, 11) is 0. The van der Waals surface area contributed by atoms with Gasteiger partial charge in [-0.1, -0.05) is 37.3 Å². The van der Waals surface area contributed by atoms with Crippen LogP contribution in [0.4, 0.5) is 0 Å². The number of aliphatic hydroxyl groups is 1. The van der Waals surface area contributed by atoms with Gasteiger partial charge in [-0.3, -0.25) is 0 Å². The molecule has 1 aromatic rings. The quantitative estimate of drug-likeness (QED) is 0.777. The molecule has 0 radical (unpaired) electrons. The molecule has 0 bridgehead atoms. The highest BCUT2D eigenvalue weighted by Gasteiger charge is 2.23. The molecule has 2 N–H and O–H groups in total. The SMILES string of the molecule is CC(c1ccccc1)C1CNC1.CCO. The summed E-state index contributed by atoms with van der Waals surface area (Å²) in [5.74, 6) is 1.57. The summed E-state index contributed by atoms with van der Waals surface area (Å²) in [5.41, 5.74) is 1.48. The van der Waals surface area contributed by atoms with Gasteiger partial charge in [-0.25, -0.2) is 0 Å². The zero-order chi connectivity index (χ0) is 11.1. The van der Waals surface area contributed by atoms with Crippen molar-refractivity contribution in [2.45, 2.75) is 19.8 Å². The van der Waals surface area contributed by atoms with Crippen molar-refractivity contribution in [3.05, 3.63) is 35.9 Å². The number of benzene rings is 1. The molecule has 1 fully saturated rings. The van der Waals surface area contributed by atoms with Crippen LogP contribution in [-0.4, -0.2) is 24.8 Å². The average molecular weight is 207 g/mol. The molecular weight excluding hydrogens is 186 g/mol. The molecule has 0 saturated carbocycles. The van der Waals surface area contributed by atoms with Crippen molar-refractivity contribution in [3.63, 3.8) is 0 Å². The zero-order valence-corrected chi connectivity index (χ0v) is 9.61. The van der Waals surface area contributed by atoms with Gasteiger partial charge < -0.3 is 10.4 Å². The lowest BCUT2D eigenvalue weighted by molar-refractivity contribution is 0.303. The molecule has 1 heterocycles. The Labute approximate surface area is 92.3 Å². The molecule has 0 amide bonds. The van der Waals surface area contributed by atoms with Crippen molar-refractivity contribution < 1.29 is 5.11 Å². The highest BCUT2D eigenvalue weighted by molar-refractivity contribution is 5.20. The number of rotatable bonds is 2. The van der Waals surface area contributed by atoms with Crippen LogP contribution in [0, 0.1) is 5.92 Å². The monoisotopic (exact) mass is 207 g/mol. The summed E-state index contributed by atoms with van der Waals surface area (Å²) in [5, 5.41) is 10.9. The molecule has 1 atom stereocenters. The maximum atomic E-state index is 7.57. The lowest BCUT2D eigenvalue weighted by atomic mass is 9.84. The van der Waals surface area contributed by atoms with E-state index in [-0.39, 0.29) is 6.61 Å². The summed E-state index contributed by atoms with van der Waals surface area (Å²) < 4.78 is 0. The molecule has 1 unspecified atom stereocenters. The maximum Gasteiger partial charge on any atom is 0.0402 e. The van der Waals surface area contributed by atoms with Crippen LogP contribution in [0.3, 0.4) is 0 Å². The fourth-order valence-electron chi connectivity index (χ4n) is 1.69. The highest BCUT2D eigenvalue weighted by atomic mass is 16.2. The second kappa shape index (κ2) is 6.59. The van der Waals surface area contributed by atoms with E-state index in [1.54, 1.807) is 6.92 Å². The molecule has 0 aliphatic carbocycles. The van der Waals surface area contributed by atoms with E-state index >= 15 is 0 Å². The van der Waals surface area contributed by atoms with E-state index in [9.17, 15) is 0 Å². The summed E-state index contributed by atoms with van der Waals surface area (Å²) in [4.78, 5) is 0. The minimum atomic E-state index is 0.250. The second-order valence-electron chi connectivity index (χ2n) is 3.93. The van der Waals surface area contributed by atoms with Gasteiger partial charge >= 0.3 is 0 Å². The topological polar surface area (TPSA) is 32.3 Å². The van der Waals surface area contributed by atoms with Crippen LogP contribution in [0.15, 0.2) is 30.3 Å². The number of hydrogen-bond donors (Lipinski definition) is 2. The van der Waals surface area contributed by atoms with Gasteiger partial charge in [-0.2, -0.15) is 0 Å². The normalized spacial score (nSPS) is 17.3. The number of aliphatic hydroxyl groups excluding tert-OH is 1. The molecule has 2 nitrogen and oxygen atoms in total. The smallest absolute Gasteiger partial charge is 0.0402 e. The van der Waals surface area contributed by atoms with Gasteiger partial charge in [-0.05, 0) is 37.4 Å². The summed E-state index contributed by atoms with van der Waals surface area (Å²) in [6, 6.07) is 10.8. The van der Waals surface area contributed by atoms with Crippen LogP contribution in [0.5, 0.6) is 0 Å². The standard InChI is InChI=1S/C11H15N.C2H6O/c1-9(11-7-12-8-11)10-5-3-2-4-6-10;1-2-3/h2-6,9,11-12H,7-8H2,1H3;3H,2H2,1H3. The third-order valence-electron chi connectivity index (χ3n) is 2.85. The first kappa shape index (κ1) is 12.2. The summed E-state index contributed by atoms with van der Waals surface area (Å²) in [6.07, 6.45) is 0. The van der Waals surface area contributed by atoms with Crippen LogP contribution < -0.4 is 5.32 Å². The van der Waals surface area contributed by atoms with E-state index < -0.39 is 0 Å². The molecule has 84 valence electrons. The van der Waals surface area contributed by atoms with Crippen LogP contribution in [0.25, 0.3) is 0 Å². The van der Waals surface area contributed by atoms with Gasteiger partial charge in [0.1, 0.15) is 0 Å². The van der Waals surface area contributed by atoms with Gasteiger partial charge in [0.2, 0.25) is 0 Å². The van der Waals surface area contributed by atoms with Crippen LogP contribution in [-0.2, 0) is 0 Å². The molecule has 0 aromatic heterocycles. The third kappa shape index (κ3) is 3.65. The predicted octanol–water partition coefficient (Wildman–Crippen LogP) is 2.01. The maximum absolute atomic E-state index is 7.57. The van der Waals surface area contributed by atoms with E-state index in [0.717, 1.165) is 5.92 Å². The first-order valence-corrected chi connectivity index (χ1v) is 5.66. The van der Waals surface area contributed by atoms with Gasteiger partial charge in [0.15, 0.2) is 0 Å². The van der Waals surface area contributed by atoms with E-state index in [1.807, 2.05) is 0 Å². The molecule has 1 aromatic carbocycles. The van der Waals surface area contributed by atoms with E-state index in [4.69, 9.17) is 5.11 Å². The van der Waals surface area contributed by atoms with Crippen molar-refractivity contribution in [3.8, 4) is 0 Å². The van der Waals surface area contributed by atoms with Gasteiger partial charge in [-0.15, -0.1) is 0 Å². The Bertz CT molecular complexity index is 256. The summed E-state index contributed by atoms with van der Waals surface area (Å²) in [6.45, 7) is 6.63. The Kier molecular flexibility index (Phi) is 5.37. The fourth-order valence-corrected chi connectivity index (χ4v) is 1.69. The first-order valence-electron chi connectivity index (χ1n) is 5.66. The van der Waals surface area contributed by atoms with Crippen LogP contribution in [0.1, 0.15) is 25.3 Å². The zero-order valence-electron chi connectivity index (χ0n) is 9.61. The molecule has 1 aliphatic rings. The Morgan fingerprint density at radius 3 is 2.27 bits per heavy atom. The molecule has 2 rings (SSSR count). The van der Waals surface area contributed by atoms with Gasteiger partial charge in [0, 0.05) is 6.61 Å². The first-order chi connectivity index (χ1) is 7.29. The molecule has 0 spiro atoms. The second-order valence-corrected chi connectivity index (χ2v) is 3.93. The van der Waals surface area contributed by atoms with Crippen molar-refractivity contribution >= 4 is 0 Å². The Balaban J connectivity index is 0.000000337. The Morgan fingerprint density at radius 1 is 1.33 bits per heavy atom. The minimum Gasteiger partial charge on any atom is -0.397 e. The Hall–Kier alpha value is -0.860. The molecular formula is C13H21NO. The average Bonchev–Trinajstić information content (AvgIpc) is 2.18. The molecule has 1 aliphatic heterocycles. The van der Waals surface area contributed by atoms with Crippen molar-refractivity contribution in [1.82, 2.24) is 5.32 Å². The van der Waals surface area contributed by atoms with Gasteiger partial charge in [0.25, 0.3) is 0 Å². The van der Waals surface area contributed by atoms with Gasteiger partial charge in [0.05, 0.1) is 0 Å². The van der Waals surface area contributed by atoms with E-state index in [1.165, 1.54) is 18.7 Å². The van der Waals surface area contributed by atoms with E-state index in [2.05, 4.69) is 42.6 Å². The summed E-state index contributed by atoms with van der Waals surface area (Å²) >= 11 is 0. The lowest BCUT2D eigenvalue weighted by Gasteiger charge is -2.32. The van der Waals surface area contributed by atoms with Crippen molar-refractivity contribution in [2.75, 3.05) is 19.7 Å². The highest BCUT2D eigenvalue weighted by Crippen LogP contribution is 2.26. The van der Waals surface area contributed by atoms with Crippen LogP contribution in [0.2, 0.25) is 0 Å². The number of hydrogen-bond acceptors (Lipinski definition) is 2. The van der Waals surface area contributed by atoms with Crippen molar-refractivity contribution in [2.24, 2.45) is 5.92 Å². The minimum absolute atomic E-state index is 0.250. The predicted molar refractivity (Wildman–Crippen MR) is 64.0 cm³/mol. The lowest BCUT2D eigenvalue weighted by Crippen LogP contribution is -2.44. The largest absolute Gasteiger partial charge is 0.397 e. The molecule has 2 heteroatoms. The Morgan fingerprint density at radius 2 is 1.87 bits per heavy atom. The third-order valence-corrected chi connectivity index (χ3v) is 2.85. The molecule has 15 heavy (non-hydrogen) atoms. The van der Waals surface area contributed by atoms with Crippen molar-refractivity contribution in [1.29, 1.82) is 0 Å². The van der Waals surface area contributed by atoms with E-state index in [0.29, 0.717) is 5.92 Å². The van der Waals surface area contributed by atoms with Crippen LogP contribution >= 0.6 is 0 Å². The fraction of sp³-hybridized carbons (Fsp3) is 0.538. The number of nitrogens with one attached hydrogen (secondary N) is 1. The molecule has 1 saturated heterocycles.